The molecule has 0 unspecified atom stereocenters. The molecule has 4 rings (SSSR count). The molecule has 0 saturated carbocycles. The van der Waals surface area contributed by atoms with E-state index < -0.39 is 0 Å². The van der Waals surface area contributed by atoms with Crippen molar-refractivity contribution in [2.75, 3.05) is 12.0 Å². The average molecular weight is 391 g/mol. The minimum atomic E-state index is -0.330. The number of carbonyl (C=O) groups is 2. The molecule has 1 aliphatic rings. The van der Waals surface area contributed by atoms with Crippen molar-refractivity contribution >= 4 is 34.8 Å². The van der Waals surface area contributed by atoms with Crippen LogP contribution in [0.15, 0.2) is 82.3 Å². The molecule has 1 aromatic heterocycles. The molecular weight excluding hydrogens is 374 g/mol. The van der Waals surface area contributed by atoms with Gasteiger partial charge in [-0.15, -0.1) is 11.8 Å². The van der Waals surface area contributed by atoms with Crippen molar-refractivity contribution in [1.29, 1.82) is 0 Å². The number of carbonyl (C=O) groups excluding carboxylic acids is 2. The fourth-order valence-electron chi connectivity index (χ4n) is 3.01. The Hall–Kier alpha value is -3.25. The van der Waals surface area contributed by atoms with Crippen molar-refractivity contribution < 1.29 is 18.7 Å². The minimum absolute atomic E-state index is 0.321. The molecule has 140 valence electrons. The topological polar surface area (TPSA) is 59.8 Å². The lowest BCUT2D eigenvalue weighted by Crippen LogP contribution is -2.31. The van der Waals surface area contributed by atoms with Crippen LogP contribution in [0.5, 0.6) is 5.75 Å². The van der Waals surface area contributed by atoms with Crippen molar-refractivity contribution in [2.24, 2.45) is 0 Å². The van der Waals surface area contributed by atoms with Crippen molar-refractivity contribution in [2.45, 2.75) is 5.75 Å². The van der Waals surface area contributed by atoms with Gasteiger partial charge in [-0.1, -0.05) is 30.3 Å². The van der Waals surface area contributed by atoms with Gasteiger partial charge < -0.3 is 9.15 Å². The lowest BCUT2D eigenvalue weighted by Gasteiger charge is -2.15. The van der Waals surface area contributed by atoms with Crippen LogP contribution >= 0.6 is 11.8 Å². The van der Waals surface area contributed by atoms with Gasteiger partial charge in [0, 0.05) is 0 Å². The zero-order valence-electron chi connectivity index (χ0n) is 15.1. The number of methoxy groups -OCH3 is 1. The highest BCUT2D eigenvalue weighted by Crippen LogP contribution is 2.39. The number of hydrogen-bond donors (Lipinski definition) is 0. The largest absolute Gasteiger partial charge is 0.497 e. The van der Waals surface area contributed by atoms with Gasteiger partial charge in [-0.05, 0) is 42.0 Å². The van der Waals surface area contributed by atoms with E-state index in [1.807, 2.05) is 12.1 Å². The number of rotatable bonds is 6. The van der Waals surface area contributed by atoms with Gasteiger partial charge in [0.1, 0.15) is 11.5 Å². The normalized spacial score (nSPS) is 14.1. The van der Waals surface area contributed by atoms with Crippen LogP contribution < -0.4 is 9.64 Å². The Bertz CT molecular complexity index is 1020. The first-order chi connectivity index (χ1) is 13.7. The predicted octanol–water partition coefficient (Wildman–Crippen LogP) is 4.51. The standard InChI is InChI=1S/C22H17NO4S/c1-26-17-11-9-15(10-12-17)19-20(28-14-18-8-5-13-27-18)22(25)23(21(19)24)16-6-3-2-4-7-16/h2-13H,14H2,1H3. The summed E-state index contributed by atoms with van der Waals surface area (Å²) < 4.78 is 10.6. The second-order valence-electron chi connectivity index (χ2n) is 6.08. The van der Waals surface area contributed by atoms with Crippen molar-refractivity contribution in [3.8, 4) is 5.75 Å². The SMILES string of the molecule is COc1ccc(C2=C(SCc3ccco3)C(=O)N(c3ccccc3)C2=O)cc1. The molecule has 0 radical (unpaired) electrons. The quantitative estimate of drug-likeness (QED) is 0.579. The molecule has 0 saturated heterocycles. The van der Waals surface area contributed by atoms with E-state index in [1.165, 1.54) is 16.7 Å². The molecule has 2 amide bonds. The highest BCUT2D eigenvalue weighted by atomic mass is 32.2. The summed E-state index contributed by atoms with van der Waals surface area (Å²) in [5.41, 5.74) is 1.63. The maximum Gasteiger partial charge on any atom is 0.272 e. The van der Waals surface area contributed by atoms with Crippen molar-refractivity contribution in [1.82, 2.24) is 0 Å². The van der Waals surface area contributed by atoms with E-state index in [0.717, 1.165) is 5.76 Å². The van der Waals surface area contributed by atoms with Gasteiger partial charge in [0.25, 0.3) is 11.8 Å². The molecule has 0 fully saturated rings. The Morgan fingerprint density at radius 3 is 2.32 bits per heavy atom. The van der Waals surface area contributed by atoms with Gasteiger partial charge in [-0.25, -0.2) is 4.90 Å². The highest BCUT2D eigenvalue weighted by molar-refractivity contribution is 8.03. The van der Waals surface area contributed by atoms with Crippen LogP contribution in [0.1, 0.15) is 11.3 Å². The molecule has 0 bridgehead atoms. The Morgan fingerprint density at radius 2 is 1.68 bits per heavy atom. The first-order valence-electron chi connectivity index (χ1n) is 8.67. The molecule has 2 aromatic carbocycles. The summed E-state index contributed by atoms with van der Waals surface area (Å²) in [6.07, 6.45) is 1.59. The Morgan fingerprint density at radius 1 is 0.929 bits per heavy atom. The number of para-hydroxylation sites is 1. The van der Waals surface area contributed by atoms with Gasteiger partial charge in [0.05, 0.1) is 35.3 Å². The number of amides is 2. The Labute approximate surface area is 166 Å². The predicted molar refractivity (Wildman–Crippen MR) is 109 cm³/mol. The molecule has 0 atom stereocenters. The van der Waals surface area contributed by atoms with E-state index in [9.17, 15) is 9.59 Å². The molecule has 2 heterocycles. The summed E-state index contributed by atoms with van der Waals surface area (Å²) in [5, 5.41) is 0. The van der Waals surface area contributed by atoms with Crippen LogP contribution in [0.2, 0.25) is 0 Å². The van der Waals surface area contributed by atoms with E-state index in [4.69, 9.17) is 9.15 Å². The Balaban J connectivity index is 1.74. The van der Waals surface area contributed by atoms with Gasteiger partial charge in [-0.2, -0.15) is 0 Å². The molecule has 0 N–H and O–H groups in total. The van der Waals surface area contributed by atoms with Crippen LogP contribution in [0.25, 0.3) is 5.57 Å². The maximum absolute atomic E-state index is 13.2. The number of furan rings is 1. The molecule has 1 aliphatic heterocycles. The van der Waals surface area contributed by atoms with Crippen molar-refractivity contribution in [3.05, 3.63) is 89.2 Å². The number of anilines is 1. The van der Waals surface area contributed by atoms with E-state index >= 15 is 0 Å². The van der Waals surface area contributed by atoms with Crippen LogP contribution in [-0.4, -0.2) is 18.9 Å². The van der Waals surface area contributed by atoms with Crippen LogP contribution in [0, 0.1) is 0 Å². The first kappa shape index (κ1) is 18.1. The zero-order chi connectivity index (χ0) is 19.5. The summed E-state index contributed by atoms with van der Waals surface area (Å²) in [7, 11) is 1.58. The fourth-order valence-corrected chi connectivity index (χ4v) is 4.02. The van der Waals surface area contributed by atoms with E-state index in [1.54, 1.807) is 68.0 Å². The van der Waals surface area contributed by atoms with Gasteiger partial charge >= 0.3 is 0 Å². The van der Waals surface area contributed by atoms with E-state index in [2.05, 4.69) is 0 Å². The second kappa shape index (κ2) is 7.78. The Kier molecular flexibility index (Phi) is 5.04. The first-order valence-corrected chi connectivity index (χ1v) is 9.65. The van der Waals surface area contributed by atoms with Gasteiger partial charge in [0.15, 0.2) is 0 Å². The number of imide groups is 1. The average Bonchev–Trinajstić information content (AvgIpc) is 3.33. The number of ether oxygens (including phenoxy) is 1. The summed E-state index contributed by atoms with van der Waals surface area (Å²) in [6.45, 7) is 0. The smallest absolute Gasteiger partial charge is 0.272 e. The molecule has 0 spiro atoms. The molecule has 28 heavy (non-hydrogen) atoms. The highest BCUT2D eigenvalue weighted by Gasteiger charge is 2.40. The summed E-state index contributed by atoms with van der Waals surface area (Å²) in [5.74, 6) is 1.24. The number of nitrogens with zero attached hydrogens (tertiary/aromatic N) is 1. The molecule has 3 aromatic rings. The second-order valence-corrected chi connectivity index (χ2v) is 7.07. The number of benzene rings is 2. The lowest BCUT2D eigenvalue weighted by molar-refractivity contribution is -0.119. The third kappa shape index (κ3) is 3.34. The molecular formula is C22H17NO4S. The maximum atomic E-state index is 13.2. The monoisotopic (exact) mass is 391 g/mol. The van der Waals surface area contributed by atoms with E-state index in [0.29, 0.717) is 33.2 Å². The minimum Gasteiger partial charge on any atom is -0.497 e. The third-order valence-corrected chi connectivity index (χ3v) is 5.47. The van der Waals surface area contributed by atoms with Crippen molar-refractivity contribution in [3.63, 3.8) is 0 Å². The zero-order valence-corrected chi connectivity index (χ0v) is 15.9. The summed E-state index contributed by atoms with van der Waals surface area (Å²) in [6, 6.07) is 19.7. The lowest BCUT2D eigenvalue weighted by atomic mass is 10.1. The van der Waals surface area contributed by atoms with Crippen LogP contribution in [0.4, 0.5) is 5.69 Å². The van der Waals surface area contributed by atoms with E-state index in [-0.39, 0.29) is 11.8 Å². The third-order valence-electron chi connectivity index (χ3n) is 4.37. The number of hydrogen-bond acceptors (Lipinski definition) is 5. The summed E-state index contributed by atoms with van der Waals surface area (Å²) in [4.78, 5) is 28.0. The fraction of sp³-hybridized carbons (Fsp3) is 0.0909. The number of thioether (sulfide) groups is 1. The summed E-state index contributed by atoms with van der Waals surface area (Å²) >= 11 is 1.31. The van der Waals surface area contributed by atoms with Gasteiger partial charge in [-0.3, -0.25) is 9.59 Å². The van der Waals surface area contributed by atoms with Crippen LogP contribution in [-0.2, 0) is 15.3 Å². The molecule has 5 nitrogen and oxygen atoms in total. The van der Waals surface area contributed by atoms with Crippen LogP contribution in [0.3, 0.4) is 0 Å². The molecule has 0 aliphatic carbocycles. The molecule has 6 heteroatoms. The van der Waals surface area contributed by atoms with Gasteiger partial charge in [0.2, 0.25) is 0 Å².